The number of anilines is 3. The Labute approximate surface area is 322 Å². The van der Waals surface area contributed by atoms with Crippen molar-refractivity contribution in [3.05, 3.63) is 200 Å². The predicted molar refractivity (Wildman–Crippen MR) is 235 cm³/mol. The number of para-hydroxylation sites is 4. The monoisotopic (exact) mass is 719 g/mol. The van der Waals surface area contributed by atoms with Crippen LogP contribution in [0.4, 0.5) is 17.1 Å². The topological polar surface area (TPSA) is 16.4 Å². The van der Waals surface area contributed by atoms with Crippen molar-refractivity contribution in [3.8, 4) is 33.4 Å². The first kappa shape index (κ1) is 31.6. The number of rotatable bonds is 6. The number of benzene rings is 9. The third kappa shape index (κ3) is 5.24. The molecule has 2 heterocycles. The summed E-state index contributed by atoms with van der Waals surface area (Å²) in [5, 5.41) is 7.32. The van der Waals surface area contributed by atoms with Crippen molar-refractivity contribution in [2.75, 3.05) is 4.90 Å². The lowest BCUT2D eigenvalue weighted by molar-refractivity contribution is 0.670. The highest BCUT2D eigenvalue weighted by molar-refractivity contribution is 7.25. The minimum atomic E-state index is 0.906. The number of thiophene rings is 1. The summed E-state index contributed by atoms with van der Waals surface area (Å²) in [5.74, 6) is 0. The second-order valence-electron chi connectivity index (χ2n) is 14.0. The molecule has 0 unspecified atom stereocenters. The number of furan rings is 1. The minimum absolute atomic E-state index is 0.906. The Balaban J connectivity index is 1.12. The van der Waals surface area contributed by atoms with Crippen LogP contribution in [-0.2, 0) is 0 Å². The van der Waals surface area contributed by atoms with Gasteiger partial charge >= 0.3 is 0 Å². The third-order valence-corrected chi connectivity index (χ3v) is 12.1. The summed E-state index contributed by atoms with van der Waals surface area (Å²) in [4.78, 5) is 2.44. The van der Waals surface area contributed by atoms with Crippen LogP contribution in [0.25, 0.3) is 86.3 Å². The zero-order chi connectivity index (χ0) is 36.3. The Morgan fingerprint density at radius 1 is 0.364 bits per heavy atom. The van der Waals surface area contributed by atoms with Gasteiger partial charge in [0.1, 0.15) is 11.2 Å². The third-order valence-electron chi connectivity index (χ3n) is 10.9. The number of hydrogen-bond acceptors (Lipinski definition) is 3. The fourth-order valence-electron chi connectivity index (χ4n) is 8.34. The first-order valence-electron chi connectivity index (χ1n) is 18.7. The second-order valence-corrected chi connectivity index (χ2v) is 15.1. The fraction of sp³-hybridized carbons (Fsp3) is 0. The van der Waals surface area contributed by atoms with Gasteiger partial charge in [-0.1, -0.05) is 152 Å². The molecular formula is C52H33NOS. The average Bonchev–Trinajstić information content (AvgIpc) is 3.83. The molecule has 0 spiro atoms. The number of hydrogen-bond donors (Lipinski definition) is 0. The van der Waals surface area contributed by atoms with Gasteiger partial charge in [-0.15, -0.1) is 11.3 Å². The van der Waals surface area contributed by atoms with Gasteiger partial charge in [0.15, 0.2) is 0 Å². The van der Waals surface area contributed by atoms with Gasteiger partial charge in [0.05, 0.1) is 11.4 Å². The van der Waals surface area contributed by atoms with Gasteiger partial charge in [0.25, 0.3) is 0 Å². The van der Waals surface area contributed by atoms with Gasteiger partial charge in [-0.2, -0.15) is 0 Å². The van der Waals surface area contributed by atoms with Crippen LogP contribution in [0.2, 0.25) is 0 Å². The van der Waals surface area contributed by atoms with E-state index in [4.69, 9.17) is 4.42 Å². The van der Waals surface area contributed by atoms with Gasteiger partial charge < -0.3 is 9.32 Å². The molecule has 2 nitrogen and oxygen atoms in total. The SMILES string of the molecule is c1ccc(N(c2ccc(-c3cccc4c3oc3ccccc34)cc2)c2ccccc2-c2cccc3ccccc23)c(-c2ccc3sc4ccccc4c3c2)c1. The Kier molecular flexibility index (Phi) is 7.39. The summed E-state index contributed by atoms with van der Waals surface area (Å²) < 4.78 is 9.07. The van der Waals surface area contributed by atoms with E-state index in [1.807, 2.05) is 23.5 Å². The van der Waals surface area contributed by atoms with Gasteiger partial charge in [0.2, 0.25) is 0 Å². The van der Waals surface area contributed by atoms with Crippen LogP contribution < -0.4 is 4.90 Å². The van der Waals surface area contributed by atoms with Crippen molar-refractivity contribution in [3.63, 3.8) is 0 Å². The van der Waals surface area contributed by atoms with Crippen LogP contribution >= 0.6 is 11.3 Å². The molecule has 0 aliphatic rings. The smallest absolute Gasteiger partial charge is 0.143 e. The average molecular weight is 720 g/mol. The molecule has 0 saturated carbocycles. The van der Waals surface area contributed by atoms with E-state index in [0.29, 0.717) is 0 Å². The van der Waals surface area contributed by atoms with E-state index in [0.717, 1.165) is 50.1 Å². The largest absolute Gasteiger partial charge is 0.455 e. The lowest BCUT2D eigenvalue weighted by Gasteiger charge is -2.30. The molecule has 3 heteroatoms. The highest BCUT2D eigenvalue weighted by Crippen LogP contribution is 2.47. The second kappa shape index (κ2) is 12.9. The Bertz CT molecular complexity index is 3220. The summed E-state index contributed by atoms with van der Waals surface area (Å²) in [6.07, 6.45) is 0. The minimum Gasteiger partial charge on any atom is -0.455 e. The van der Waals surface area contributed by atoms with E-state index < -0.39 is 0 Å². The number of fused-ring (bicyclic) bond motifs is 7. The molecule has 11 aromatic rings. The Morgan fingerprint density at radius 3 is 1.82 bits per heavy atom. The van der Waals surface area contributed by atoms with Crippen molar-refractivity contribution in [2.24, 2.45) is 0 Å². The van der Waals surface area contributed by atoms with Crippen LogP contribution in [0.15, 0.2) is 205 Å². The van der Waals surface area contributed by atoms with Crippen LogP contribution in [-0.4, -0.2) is 0 Å². The fourth-order valence-corrected chi connectivity index (χ4v) is 9.42. The molecule has 258 valence electrons. The summed E-state index contributed by atoms with van der Waals surface area (Å²) in [6, 6.07) is 72.3. The Morgan fingerprint density at radius 2 is 0.945 bits per heavy atom. The molecule has 9 aromatic carbocycles. The van der Waals surface area contributed by atoms with Crippen molar-refractivity contribution in [2.45, 2.75) is 0 Å². The molecule has 11 rings (SSSR count). The lowest BCUT2D eigenvalue weighted by Crippen LogP contribution is -2.12. The lowest BCUT2D eigenvalue weighted by atomic mass is 9.95. The van der Waals surface area contributed by atoms with Gasteiger partial charge in [-0.3, -0.25) is 0 Å². The van der Waals surface area contributed by atoms with Crippen LogP contribution in [0.5, 0.6) is 0 Å². The van der Waals surface area contributed by atoms with Crippen molar-refractivity contribution >= 4 is 81.3 Å². The summed E-state index contributed by atoms with van der Waals surface area (Å²) in [7, 11) is 0. The number of nitrogens with zero attached hydrogens (tertiary/aromatic N) is 1. The van der Waals surface area contributed by atoms with Crippen LogP contribution in [0.1, 0.15) is 0 Å². The zero-order valence-corrected chi connectivity index (χ0v) is 30.6. The maximum absolute atomic E-state index is 6.46. The van der Waals surface area contributed by atoms with Crippen molar-refractivity contribution < 1.29 is 4.42 Å². The Hall–Kier alpha value is -6.94. The van der Waals surface area contributed by atoms with E-state index in [9.17, 15) is 0 Å². The van der Waals surface area contributed by atoms with Crippen LogP contribution in [0.3, 0.4) is 0 Å². The predicted octanol–water partition coefficient (Wildman–Crippen LogP) is 15.6. The van der Waals surface area contributed by atoms with Gasteiger partial charge in [0, 0.05) is 53.3 Å². The molecule has 2 aromatic heterocycles. The molecule has 0 aliphatic carbocycles. The quantitative estimate of drug-likeness (QED) is 0.170. The summed E-state index contributed by atoms with van der Waals surface area (Å²) in [6.45, 7) is 0. The van der Waals surface area contributed by atoms with Crippen molar-refractivity contribution in [1.82, 2.24) is 0 Å². The van der Waals surface area contributed by atoms with Gasteiger partial charge in [-0.05, 0) is 76.0 Å². The van der Waals surface area contributed by atoms with E-state index in [-0.39, 0.29) is 0 Å². The maximum Gasteiger partial charge on any atom is 0.143 e. The molecular weight excluding hydrogens is 687 g/mol. The molecule has 0 amide bonds. The first-order valence-corrected chi connectivity index (χ1v) is 19.5. The van der Waals surface area contributed by atoms with E-state index in [2.05, 4.69) is 193 Å². The zero-order valence-electron chi connectivity index (χ0n) is 29.8. The molecule has 0 N–H and O–H groups in total. The molecule has 55 heavy (non-hydrogen) atoms. The van der Waals surface area contributed by atoms with Gasteiger partial charge in [-0.25, -0.2) is 0 Å². The molecule has 0 radical (unpaired) electrons. The van der Waals surface area contributed by atoms with E-state index >= 15 is 0 Å². The molecule has 0 fully saturated rings. The standard InChI is InChI=1S/C52H33NOS/c1-2-15-38-34(13-1)14-11-21-41(38)42-17-4-8-24-48(42)53(37-30-27-35(28-31-37)40-20-12-22-45-43-18-5-9-25-49(43)54-52(40)45)47-23-7-3-16-39(47)36-29-32-51-46(33-36)44-19-6-10-26-50(44)55-51/h1-33H. The van der Waals surface area contributed by atoms with E-state index in [1.54, 1.807) is 0 Å². The highest BCUT2D eigenvalue weighted by atomic mass is 32.1. The molecule has 0 bridgehead atoms. The van der Waals surface area contributed by atoms with Crippen molar-refractivity contribution in [1.29, 1.82) is 0 Å². The first-order chi connectivity index (χ1) is 27.3. The highest BCUT2D eigenvalue weighted by Gasteiger charge is 2.22. The molecule has 0 aliphatic heterocycles. The summed E-state index contributed by atoms with van der Waals surface area (Å²) in [5.41, 5.74) is 12.0. The maximum atomic E-state index is 6.46. The molecule has 0 atom stereocenters. The van der Waals surface area contributed by atoms with Crippen LogP contribution in [0, 0.1) is 0 Å². The molecule has 0 saturated heterocycles. The normalized spacial score (nSPS) is 11.6. The van der Waals surface area contributed by atoms with E-state index in [1.165, 1.54) is 53.2 Å². The summed E-state index contributed by atoms with van der Waals surface area (Å²) >= 11 is 1.85.